The lowest BCUT2D eigenvalue weighted by atomic mass is 10.3. The largest absolute Gasteiger partial charge is 0.441 e. The van der Waals surface area contributed by atoms with Crippen molar-refractivity contribution in [3.05, 3.63) is 24.1 Å². The zero-order valence-electron chi connectivity index (χ0n) is 11.0. The van der Waals surface area contributed by atoms with Gasteiger partial charge in [0.2, 0.25) is 0 Å². The zero-order chi connectivity index (χ0) is 13.8. The number of aryl methyl sites for hydroxylation is 1. The number of aliphatic hydroxyl groups is 1. The molecule has 0 bridgehead atoms. The highest BCUT2D eigenvalue weighted by molar-refractivity contribution is 5.91. The van der Waals surface area contributed by atoms with E-state index in [1.165, 1.54) is 4.90 Å². The first-order valence-electron chi connectivity index (χ1n) is 6.18. The van der Waals surface area contributed by atoms with Crippen LogP contribution in [0.3, 0.4) is 0 Å². The van der Waals surface area contributed by atoms with Crippen molar-refractivity contribution in [3.63, 3.8) is 0 Å². The van der Waals surface area contributed by atoms with Crippen molar-refractivity contribution in [2.75, 3.05) is 25.0 Å². The van der Waals surface area contributed by atoms with Crippen molar-refractivity contribution in [2.45, 2.75) is 13.8 Å². The fraction of sp³-hybridized carbons (Fsp3) is 0.385. The van der Waals surface area contributed by atoms with Gasteiger partial charge in [-0.1, -0.05) is 0 Å². The molecule has 0 aliphatic heterocycles. The molecule has 0 spiro atoms. The summed E-state index contributed by atoms with van der Waals surface area (Å²) in [6, 6.07) is 5.05. The van der Waals surface area contributed by atoms with E-state index in [1.807, 2.05) is 6.92 Å². The summed E-state index contributed by atoms with van der Waals surface area (Å²) in [5.74, 6) is 0.592. The van der Waals surface area contributed by atoms with E-state index in [9.17, 15) is 4.79 Å². The summed E-state index contributed by atoms with van der Waals surface area (Å²) in [5.41, 5.74) is 2.06. The second kappa shape index (κ2) is 5.71. The molecule has 1 heterocycles. The smallest absolute Gasteiger partial charge is 0.321 e. The maximum absolute atomic E-state index is 11.9. The van der Waals surface area contributed by atoms with Gasteiger partial charge in [0.05, 0.1) is 6.61 Å². The first-order valence-corrected chi connectivity index (χ1v) is 6.18. The van der Waals surface area contributed by atoms with Crippen LogP contribution in [0.1, 0.15) is 12.8 Å². The summed E-state index contributed by atoms with van der Waals surface area (Å²) in [4.78, 5) is 17.7. The van der Waals surface area contributed by atoms with Crippen LogP contribution in [0.2, 0.25) is 0 Å². The molecule has 0 radical (unpaired) electrons. The summed E-state index contributed by atoms with van der Waals surface area (Å²) < 4.78 is 5.37. The first-order chi connectivity index (χ1) is 9.13. The maximum Gasteiger partial charge on any atom is 0.321 e. The standard InChI is InChI=1S/C13H17N3O3/c1-3-16(6-7-17)13(18)15-10-4-5-12-11(8-10)14-9(2)19-12/h4-5,8,17H,3,6-7H2,1-2H3,(H,15,18). The Morgan fingerprint density at radius 2 is 2.32 bits per heavy atom. The molecule has 2 amide bonds. The predicted octanol–water partition coefficient (Wildman–Crippen LogP) is 1.98. The van der Waals surface area contributed by atoms with Crippen LogP contribution < -0.4 is 5.32 Å². The number of amides is 2. The van der Waals surface area contributed by atoms with Crippen LogP contribution in [0, 0.1) is 6.92 Å². The second-order valence-corrected chi connectivity index (χ2v) is 4.15. The summed E-state index contributed by atoms with van der Waals surface area (Å²) >= 11 is 0. The van der Waals surface area contributed by atoms with E-state index in [0.29, 0.717) is 35.8 Å². The highest BCUT2D eigenvalue weighted by Crippen LogP contribution is 2.19. The molecule has 19 heavy (non-hydrogen) atoms. The minimum atomic E-state index is -0.240. The average molecular weight is 263 g/mol. The predicted molar refractivity (Wildman–Crippen MR) is 72.1 cm³/mol. The molecule has 2 N–H and O–H groups in total. The lowest BCUT2D eigenvalue weighted by Gasteiger charge is -2.20. The lowest BCUT2D eigenvalue weighted by Crippen LogP contribution is -2.36. The highest BCUT2D eigenvalue weighted by Gasteiger charge is 2.11. The summed E-state index contributed by atoms with van der Waals surface area (Å²) in [7, 11) is 0. The molecule has 6 nitrogen and oxygen atoms in total. The topological polar surface area (TPSA) is 78.6 Å². The number of benzene rings is 1. The van der Waals surface area contributed by atoms with E-state index in [4.69, 9.17) is 9.52 Å². The van der Waals surface area contributed by atoms with Crippen LogP contribution in [-0.4, -0.2) is 40.7 Å². The fourth-order valence-electron chi connectivity index (χ4n) is 1.85. The van der Waals surface area contributed by atoms with Crippen molar-refractivity contribution < 1.29 is 14.3 Å². The van der Waals surface area contributed by atoms with E-state index in [2.05, 4.69) is 10.3 Å². The molecule has 0 saturated carbocycles. The van der Waals surface area contributed by atoms with Gasteiger partial charge in [0, 0.05) is 25.7 Å². The summed E-state index contributed by atoms with van der Waals surface area (Å²) in [6.07, 6.45) is 0. The number of urea groups is 1. The third kappa shape index (κ3) is 3.03. The molecule has 2 aromatic rings. The zero-order valence-corrected chi connectivity index (χ0v) is 11.0. The summed E-state index contributed by atoms with van der Waals surface area (Å²) in [6.45, 7) is 4.44. The lowest BCUT2D eigenvalue weighted by molar-refractivity contribution is 0.192. The van der Waals surface area contributed by atoms with E-state index in [-0.39, 0.29) is 12.6 Å². The van der Waals surface area contributed by atoms with Gasteiger partial charge in [-0.2, -0.15) is 0 Å². The number of nitrogens with one attached hydrogen (secondary N) is 1. The maximum atomic E-state index is 11.9. The van der Waals surface area contributed by atoms with Gasteiger partial charge in [0.25, 0.3) is 0 Å². The van der Waals surface area contributed by atoms with Crippen LogP contribution >= 0.6 is 0 Å². The Morgan fingerprint density at radius 1 is 1.53 bits per heavy atom. The molecule has 0 saturated heterocycles. The molecule has 0 aliphatic carbocycles. The number of anilines is 1. The van der Waals surface area contributed by atoms with E-state index < -0.39 is 0 Å². The third-order valence-electron chi connectivity index (χ3n) is 2.78. The number of nitrogens with zero attached hydrogens (tertiary/aromatic N) is 2. The number of hydrogen-bond acceptors (Lipinski definition) is 4. The number of likely N-dealkylation sites (N-methyl/N-ethyl adjacent to an activating group) is 1. The van der Waals surface area contributed by atoms with Crippen molar-refractivity contribution in [3.8, 4) is 0 Å². The van der Waals surface area contributed by atoms with E-state index in [1.54, 1.807) is 25.1 Å². The van der Waals surface area contributed by atoms with Crippen molar-refractivity contribution in [1.29, 1.82) is 0 Å². The molecule has 0 atom stereocenters. The van der Waals surface area contributed by atoms with Crippen LogP contribution in [0.15, 0.2) is 22.6 Å². The average Bonchev–Trinajstić information content (AvgIpc) is 2.75. The van der Waals surface area contributed by atoms with Crippen molar-refractivity contribution in [1.82, 2.24) is 9.88 Å². The molecule has 6 heteroatoms. The minimum absolute atomic E-state index is 0.0528. The minimum Gasteiger partial charge on any atom is -0.441 e. The Kier molecular flexibility index (Phi) is 4.01. The molecule has 102 valence electrons. The van der Waals surface area contributed by atoms with Gasteiger partial charge < -0.3 is 19.7 Å². The Hall–Kier alpha value is -2.08. The quantitative estimate of drug-likeness (QED) is 0.884. The van der Waals surface area contributed by atoms with Gasteiger partial charge in [-0.05, 0) is 25.1 Å². The normalized spacial score (nSPS) is 10.7. The monoisotopic (exact) mass is 263 g/mol. The molecule has 0 aliphatic rings. The van der Waals surface area contributed by atoms with Crippen LogP contribution in [0.4, 0.5) is 10.5 Å². The SMILES string of the molecule is CCN(CCO)C(=O)Nc1ccc2oc(C)nc2c1. The van der Waals surface area contributed by atoms with Gasteiger partial charge in [0.15, 0.2) is 11.5 Å². The Bertz CT molecular complexity index is 580. The molecule has 0 unspecified atom stereocenters. The number of carbonyl (C=O) groups excluding carboxylic acids is 1. The fourth-order valence-corrected chi connectivity index (χ4v) is 1.85. The van der Waals surface area contributed by atoms with Gasteiger partial charge in [0.1, 0.15) is 5.52 Å². The molecule has 1 aromatic heterocycles. The number of carbonyl (C=O) groups is 1. The van der Waals surface area contributed by atoms with E-state index in [0.717, 1.165) is 0 Å². The Labute approximate surface area is 111 Å². The Morgan fingerprint density at radius 3 is 3.00 bits per heavy atom. The number of hydrogen-bond donors (Lipinski definition) is 2. The molecular weight excluding hydrogens is 246 g/mol. The first kappa shape index (κ1) is 13.4. The Balaban J connectivity index is 2.13. The number of aliphatic hydroxyl groups excluding tert-OH is 1. The van der Waals surface area contributed by atoms with Crippen LogP contribution in [0.5, 0.6) is 0 Å². The van der Waals surface area contributed by atoms with Gasteiger partial charge in [-0.3, -0.25) is 0 Å². The number of aromatic nitrogens is 1. The number of rotatable bonds is 4. The van der Waals surface area contributed by atoms with Crippen LogP contribution in [-0.2, 0) is 0 Å². The second-order valence-electron chi connectivity index (χ2n) is 4.15. The molecular formula is C13H17N3O3. The van der Waals surface area contributed by atoms with Crippen LogP contribution in [0.25, 0.3) is 11.1 Å². The molecule has 2 rings (SSSR count). The third-order valence-corrected chi connectivity index (χ3v) is 2.78. The molecule has 0 fully saturated rings. The van der Waals surface area contributed by atoms with Gasteiger partial charge >= 0.3 is 6.03 Å². The van der Waals surface area contributed by atoms with Crippen molar-refractivity contribution >= 4 is 22.8 Å². The number of oxazole rings is 1. The highest BCUT2D eigenvalue weighted by atomic mass is 16.3. The van der Waals surface area contributed by atoms with Gasteiger partial charge in [-0.25, -0.2) is 9.78 Å². The summed E-state index contributed by atoms with van der Waals surface area (Å²) in [5, 5.41) is 11.7. The number of fused-ring (bicyclic) bond motifs is 1. The van der Waals surface area contributed by atoms with Gasteiger partial charge in [-0.15, -0.1) is 0 Å². The molecule has 1 aromatic carbocycles. The van der Waals surface area contributed by atoms with Crippen molar-refractivity contribution in [2.24, 2.45) is 0 Å². The van der Waals surface area contributed by atoms with E-state index >= 15 is 0 Å².